The standard InChI is InChI=1S/C21H24N2O4/c1-27-21(24)18-8-5-9-20(23(25)26)19(18)15-22-12-10-17(11-13-22)14-16-6-3-2-4-7-16/h2-9,17H,10-15H2,1H3. The van der Waals surface area contributed by atoms with Crippen molar-refractivity contribution in [2.45, 2.75) is 25.8 Å². The second-order valence-corrected chi connectivity index (χ2v) is 6.96. The van der Waals surface area contributed by atoms with Crippen LogP contribution in [0.5, 0.6) is 0 Å². The molecule has 2 aromatic carbocycles. The minimum atomic E-state index is -0.535. The minimum Gasteiger partial charge on any atom is -0.465 e. The van der Waals surface area contributed by atoms with Crippen LogP contribution in [0, 0.1) is 16.0 Å². The van der Waals surface area contributed by atoms with Crippen LogP contribution < -0.4 is 0 Å². The fourth-order valence-corrected chi connectivity index (χ4v) is 3.73. The van der Waals surface area contributed by atoms with Crippen molar-refractivity contribution in [1.29, 1.82) is 0 Å². The van der Waals surface area contributed by atoms with Crippen molar-refractivity contribution in [3.05, 3.63) is 75.3 Å². The van der Waals surface area contributed by atoms with Crippen molar-refractivity contribution in [3.8, 4) is 0 Å². The summed E-state index contributed by atoms with van der Waals surface area (Å²) in [7, 11) is 1.29. The summed E-state index contributed by atoms with van der Waals surface area (Å²) in [5.74, 6) is 0.0853. The molecule has 0 bridgehead atoms. The van der Waals surface area contributed by atoms with Gasteiger partial charge in [-0.2, -0.15) is 0 Å². The number of nitro benzene ring substituents is 1. The van der Waals surface area contributed by atoms with Gasteiger partial charge in [0, 0.05) is 12.6 Å². The molecule has 2 aromatic rings. The van der Waals surface area contributed by atoms with Crippen LogP contribution >= 0.6 is 0 Å². The maximum absolute atomic E-state index is 12.0. The van der Waals surface area contributed by atoms with E-state index in [0.717, 1.165) is 32.4 Å². The number of hydrogen-bond donors (Lipinski definition) is 0. The minimum absolute atomic E-state index is 0.0238. The van der Waals surface area contributed by atoms with E-state index in [9.17, 15) is 14.9 Å². The molecule has 0 atom stereocenters. The maximum Gasteiger partial charge on any atom is 0.338 e. The van der Waals surface area contributed by atoms with E-state index in [2.05, 4.69) is 29.2 Å². The maximum atomic E-state index is 12.0. The molecule has 0 amide bonds. The van der Waals surface area contributed by atoms with Crippen molar-refractivity contribution < 1.29 is 14.5 Å². The van der Waals surface area contributed by atoms with Crippen molar-refractivity contribution in [3.63, 3.8) is 0 Å². The molecule has 142 valence electrons. The number of piperidine rings is 1. The zero-order chi connectivity index (χ0) is 19.2. The Balaban J connectivity index is 1.68. The molecule has 1 aliphatic heterocycles. The number of nitro groups is 1. The summed E-state index contributed by atoms with van der Waals surface area (Å²) < 4.78 is 4.80. The van der Waals surface area contributed by atoms with E-state index in [0.29, 0.717) is 18.0 Å². The lowest BCUT2D eigenvalue weighted by Gasteiger charge is -2.32. The Hall–Kier alpha value is -2.73. The number of carbonyl (C=O) groups excluding carboxylic acids is 1. The van der Waals surface area contributed by atoms with Crippen molar-refractivity contribution >= 4 is 11.7 Å². The van der Waals surface area contributed by atoms with Crippen LogP contribution in [-0.4, -0.2) is 36.0 Å². The van der Waals surface area contributed by atoms with Crippen LogP contribution in [0.1, 0.15) is 34.3 Å². The van der Waals surface area contributed by atoms with Gasteiger partial charge >= 0.3 is 5.97 Å². The normalized spacial score (nSPS) is 15.4. The molecule has 3 rings (SSSR count). The highest BCUT2D eigenvalue weighted by atomic mass is 16.6. The van der Waals surface area contributed by atoms with E-state index in [-0.39, 0.29) is 11.3 Å². The van der Waals surface area contributed by atoms with Gasteiger partial charge in [-0.05, 0) is 49.9 Å². The third-order valence-electron chi connectivity index (χ3n) is 5.21. The van der Waals surface area contributed by atoms with Crippen LogP contribution in [0.25, 0.3) is 0 Å². The Labute approximate surface area is 158 Å². The fraction of sp³-hybridized carbons (Fsp3) is 0.381. The summed E-state index contributed by atoms with van der Waals surface area (Å²) in [4.78, 5) is 25.2. The number of hydrogen-bond acceptors (Lipinski definition) is 5. The summed E-state index contributed by atoms with van der Waals surface area (Å²) in [6.07, 6.45) is 3.15. The highest BCUT2D eigenvalue weighted by Crippen LogP contribution is 2.28. The molecular formula is C21H24N2O4. The van der Waals surface area contributed by atoms with Gasteiger partial charge in [-0.25, -0.2) is 4.79 Å². The van der Waals surface area contributed by atoms with E-state index in [1.165, 1.54) is 24.8 Å². The van der Waals surface area contributed by atoms with Crippen molar-refractivity contribution in [1.82, 2.24) is 4.90 Å². The fourth-order valence-electron chi connectivity index (χ4n) is 3.73. The second kappa shape index (κ2) is 8.77. The Bertz CT molecular complexity index is 799. The Kier molecular flexibility index (Phi) is 6.19. The molecule has 1 saturated heterocycles. The molecule has 1 heterocycles. The molecule has 6 heteroatoms. The second-order valence-electron chi connectivity index (χ2n) is 6.96. The van der Waals surface area contributed by atoms with Crippen molar-refractivity contribution in [2.24, 2.45) is 5.92 Å². The first-order valence-electron chi connectivity index (χ1n) is 9.19. The number of rotatable bonds is 6. The lowest BCUT2D eigenvalue weighted by molar-refractivity contribution is -0.385. The number of nitrogens with zero attached hydrogens (tertiary/aromatic N) is 2. The Morgan fingerprint density at radius 2 is 1.85 bits per heavy atom. The highest BCUT2D eigenvalue weighted by Gasteiger charge is 2.26. The van der Waals surface area contributed by atoms with Crippen LogP contribution in [0.4, 0.5) is 5.69 Å². The SMILES string of the molecule is COC(=O)c1cccc([N+](=O)[O-])c1CN1CCC(Cc2ccccc2)CC1. The number of ether oxygens (including phenoxy) is 1. The Morgan fingerprint density at radius 1 is 1.15 bits per heavy atom. The lowest BCUT2D eigenvalue weighted by atomic mass is 9.90. The third-order valence-corrected chi connectivity index (χ3v) is 5.21. The van der Waals surface area contributed by atoms with Crippen LogP contribution in [0.15, 0.2) is 48.5 Å². The molecule has 27 heavy (non-hydrogen) atoms. The average Bonchev–Trinajstić information content (AvgIpc) is 2.69. The van der Waals surface area contributed by atoms with Gasteiger partial charge in [0.15, 0.2) is 0 Å². The monoisotopic (exact) mass is 368 g/mol. The van der Waals surface area contributed by atoms with E-state index < -0.39 is 10.9 Å². The summed E-state index contributed by atoms with van der Waals surface area (Å²) in [5, 5.41) is 11.4. The van der Waals surface area contributed by atoms with Gasteiger partial charge in [0.05, 0.1) is 23.2 Å². The first-order valence-corrected chi connectivity index (χ1v) is 9.19. The number of benzene rings is 2. The topological polar surface area (TPSA) is 72.7 Å². The number of esters is 1. The largest absolute Gasteiger partial charge is 0.465 e. The average molecular weight is 368 g/mol. The van der Waals surface area contributed by atoms with Gasteiger partial charge < -0.3 is 4.74 Å². The molecule has 0 saturated carbocycles. The number of carbonyl (C=O) groups is 1. The predicted molar refractivity (Wildman–Crippen MR) is 103 cm³/mol. The van der Waals surface area contributed by atoms with Crippen LogP contribution in [0.3, 0.4) is 0 Å². The number of methoxy groups -OCH3 is 1. The molecule has 0 aliphatic carbocycles. The molecule has 0 radical (unpaired) electrons. The summed E-state index contributed by atoms with van der Waals surface area (Å²) in [6.45, 7) is 2.12. The molecule has 0 unspecified atom stereocenters. The lowest BCUT2D eigenvalue weighted by Crippen LogP contribution is -2.34. The quantitative estimate of drug-likeness (QED) is 0.440. The molecule has 1 fully saturated rings. The van der Waals surface area contributed by atoms with Gasteiger partial charge in [-0.3, -0.25) is 15.0 Å². The van der Waals surface area contributed by atoms with Gasteiger partial charge in [-0.1, -0.05) is 36.4 Å². The number of likely N-dealkylation sites (tertiary alicyclic amines) is 1. The highest BCUT2D eigenvalue weighted by molar-refractivity contribution is 5.92. The smallest absolute Gasteiger partial charge is 0.338 e. The van der Waals surface area contributed by atoms with Gasteiger partial charge in [0.2, 0.25) is 0 Å². The first-order chi connectivity index (χ1) is 13.1. The van der Waals surface area contributed by atoms with Gasteiger partial charge in [0.1, 0.15) is 0 Å². The molecule has 0 spiro atoms. The zero-order valence-electron chi connectivity index (χ0n) is 15.5. The van der Waals surface area contributed by atoms with Gasteiger partial charge in [0.25, 0.3) is 5.69 Å². The molecule has 0 aromatic heterocycles. The Morgan fingerprint density at radius 3 is 2.48 bits per heavy atom. The van der Waals surface area contributed by atoms with Gasteiger partial charge in [-0.15, -0.1) is 0 Å². The summed E-state index contributed by atoms with van der Waals surface area (Å²) in [5.41, 5.74) is 2.04. The molecule has 0 N–H and O–H groups in total. The van der Waals surface area contributed by atoms with E-state index in [1.54, 1.807) is 6.07 Å². The molecule has 6 nitrogen and oxygen atoms in total. The van der Waals surface area contributed by atoms with Crippen molar-refractivity contribution in [2.75, 3.05) is 20.2 Å². The van der Waals surface area contributed by atoms with E-state index in [1.807, 2.05) is 6.07 Å². The molecule has 1 aliphatic rings. The van der Waals surface area contributed by atoms with Crippen LogP contribution in [0.2, 0.25) is 0 Å². The zero-order valence-corrected chi connectivity index (χ0v) is 15.5. The molecular weight excluding hydrogens is 344 g/mol. The third kappa shape index (κ3) is 4.71. The van der Waals surface area contributed by atoms with E-state index in [4.69, 9.17) is 4.74 Å². The predicted octanol–water partition coefficient (Wildman–Crippen LogP) is 3.84. The summed E-state index contributed by atoms with van der Waals surface area (Å²) in [6, 6.07) is 15.0. The van der Waals surface area contributed by atoms with Crippen LogP contribution in [-0.2, 0) is 17.7 Å². The summed E-state index contributed by atoms with van der Waals surface area (Å²) >= 11 is 0. The first kappa shape index (κ1) is 19.0. The van der Waals surface area contributed by atoms with E-state index >= 15 is 0 Å².